The van der Waals surface area contributed by atoms with Crippen LogP contribution in [-0.2, 0) is 0 Å². The van der Waals surface area contributed by atoms with Crippen molar-refractivity contribution < 1.29 is 0 Å². The van der Waals surface area contributed by atoms with Crippen LogP contribution >= 0.6 is 0 Å². The first-order chi connectivity index (χ1) is 16.4. The number of benzene rings is 1. The second-order valence-corrected chi connectivity index (χ2v) is 13.6. The van der Waals surface area contributed by atoms with E-state index in [0.717, 1.165) is 36.4 Å². The van der Waals surface area contributed by atoms with Crippen molar-refractivity contribution in [3.8, 4) is 0 Å². The second kappa shape index (κ2) is 8.46. The highest BCUT2D eigenvalue weighted by molar-refractivity contribution is 6.74. The van der Waals surface area contributed by atoms with Crippen LogP contribution in [0.3, 0.4) is 0 Å². The number of fused-ring (bicyclic) bond motifs is 1. The van der Waals surface area contributed by atoms with E-state index >= 15 is 0 Å². The average Bonchev–Trinajstić information content (AvgIpc) is 3.36. The summed E-state index contributed by atoms with van der Waals surface area (Å²) in [5.41, 5.74) is 7.21. The largest absolute Gasteiger partial charge is 0.380 e. The first-order valence-electron chi connectivity index (χ1n) is 13.6. The highest BCUT2D eigenvalue weighted by atomic mass is 15.2. The van der Waals surface area contributed by atoms with Crippen LogP contribution in [0.1, 0.15) is 58.6 Å². The molecular formula is C30H43B2N3. The molecule has 1 aliphatic carbocycles. The Hall–Kier alpha value is -2.16. The van der Waals surface area contributed by atoms with Crippen molar-refractivity contribution in [2.45, 2.75) is 72.6 Å². The van der Waals surface area contributed by atoms with Crippen LogP contribution < -0.4 is 21.1 Å². The molecule has 1 saturated carbocycles. The molecule has 3 heterocycles. The molecule has 184 valence electrons. The van der Waals surface area contributed by atoms with E-state index in [0.29, 0.717) is 17.5 Å². The fourth-order valence-electron chi connectivity index (χ4n) is 7.34. The zero-order valence-electron chi connectivity index (χ0n) is 23.0. The molecule has 0 amide bonds. The lowest BCUT2D eigenvalue weighted by Crippen LogP contribution is -2.40. The third kappa shape index (κ3) is 4.56. The van der Waals surface area contributed by atoms with Gasteiger partial charge >= 0.3 is 0 Å². The van der Waals surface area contributed by atoms with Crippen molar-refractivity contribution >= 4 is 37.0 Å². The monoisotopic (exact) mass is 467 g/mol. The fraction of sp³-hybridized carbons (Fsp3) is 0.567. The lowest BCUT2D eigenvalue weighted by Gasteiger charge is -2.35. The zero-order valence-corrected chi connectivity index (χ0v) is 23.0. The third-order valence-corrected chi connectivity index (χ3v) is 10.1. The summed E-state index contributed by atoms with van der Waals surface area (Å²) in [5.74, 6) is 2.60. The Balaban J connectivity index is 1.20. The molecule has 1 aromatic carbocycles. The summed E-state index contributed by atoms with van der Waals surface area (Å²) < 4.78 is 0. The van der Waals surface area contributed by atoms with Gasteiger partial charge in [0.25, 0.3) is 0 Å². The summed E-state index contributed by atoms with van der Waals surface area (Å²) in [6.45, 7) is 21.6. The molecule has 2 aromatic rings. The van der Waals surface area contributed by atoms with Gasteiger partial charge in [-0.05, 0) is 66.5 Å². The van der Waals surface area contributed by atoms with Crippen molar-refractivity contribution in [1.82, 2.24) is 10.3 Å². The molecule has 0 radical (unpaired) electrons. The van der Waals surface area contributed by atoms with E-state index in [2.05, 4.69) is 103 Å². The van der Waals surface area contributed by atoms with Gasteiger partial charge in [0.15, 0.2) is 6.71 Å². The topological polar surface area (TPSA) is 28.2 Å². The number of rotatable bonds is 5. The van der Waals surface area contributed by atoms with Crippen molar-refractivity contribution in [1.29, 1.82) is 0 Å². The Kier molecular flexibility index (Phi) is 5.93. The van der Waals surface area contributed by atoms with Crippen molar-refractivity contribution in [3.05, 3.63) is 54.2 Å². The molecule has 3 fully saturated rings. The van der Waals surface area contributed by atoms with Crippen molar-refractivity contribution in [3.63, 3.8) is 0 Å². The van der Waals surface area contributed by atoms with Gasteiger partial charge in [-0.3, -0.25) is 0 Å². The van der Waals surface area contributed by atoms with E-state index in [-0.39, 0.29) is 5.54 Å². The average molecular weight is 467 g/mol. The van der Waals surface area contributed by atoms with Crippen LogP contribution in [0.2, 0.25) is 12.6 Å². The van der Waals surface area contributed by atoms with Gasteiger partial charge in [-0.1, -0.05) is 82.1 Å². The lowest BCUT2D eigenvalue weighted by molar-refractivity contribution is 0.177. The van der Waals surface area contributed by atoms with E-state index in [1.54, 1.807) is 0 Å². The number of nitrogens with one attached hydrogen (secondary N) is 1. The number of hydrogen-bond acceptors (Lipinski definition) is 3. The SMILES string of the molecule is Bc1ccc(C)c(C(=C)NC2(C)CC3CN(c4ccc(B5CC(C)(C)C(C)(C)C5)cn4)CC3C2)c1. The molecule has 1 N–H and O–H groups in total. The fourth-order valence-corrected chi connectivity index (χ4v) is 7.34. The van der Waals surface area contributed by atoms with E-state index in [1.807, 2.05) is 0 Å². The minimum absolute atomic E-state index is 0.119. The smallest absolute Gasteiger partial charge is 0.179 e. The number of aromatic nitrogens is 1. The lowest BCUT2D eigenvalue weighted by atomic mass is 9.42. The maximum absolute atomic E-state index is 4.97. The Morgan fingerprint density at radius 3 is 2.23 bits per heavy atom. The predicted molar refractivity (Wildman–Crippen MR) is 155 cm³/mol. The Labute approximate surface area is 214 Å². The van der Waals surface area contributed by atoms with Gasteiger partial charge in [-0.2, -0.15) is 0 Å². The Bertz CT molecular complexity index is 1090. The molecule has 0 bridgehead atoms. The minimum Gasteiger partial charge on any atom is -0.380 e. The van der Waals surface area contributed by atoms with Gasteiger partial charge < -0.3 is 10.2 Å². The summed E-state index contributed by atoms with van der Waals surface area (Å²) in [5, 5.41) is 3.85. The van der Waals surface area contributed by atoms with E-state index in [1.165, 1.54) is 47.5 Å². The number of hydrogen-bond donors (Lipinski definition) is 1. The van der Waals surface area contributed by atoms with Gasteiger partial charge in [-0.25, -0.2) is 4.98 Å². The van der Waals surface area contributed by atoms with Crippen LogP contribution in [0.25, 0.3) is 5.70 Å². The van der Waals surface area contributed by atoms with Crippen LogP contribution in [0.4, 0.5) is 5.82 Å². The van der Waals surface area contributed by atoms with Crippen LogP contribution in [0, 0.1) is 29.6 Å². The van der Waals surface area contributed by atoms with E-state index < -0.39 is 0 Å². The molecule has 3 nitrogen and oxygen atoms in total. The number of pyridine rings is 1. The highest BCUT2D eigenvalue weighted by Gasteiger charge is 2.49. The highest BCUT2D eigenvalue weighted by Crippen LogP contribution is 2.52. The third-order valence-electron chi connectivity index (χ3n) is 10.1. The van der Waals surface area contributed by atoms with Crippen LogP contribution in [0.5, 0.6) is 0 Å². The molecule has 2 aliphatic heterocycles. The quantitative estimate of drug-likeness (QED) is 0.666. The molecule has 3 aliphatic rings. The predicted octanol–water partition coefficient (Wildman–Crippen LogP) is 4.28. The zero-order chi connectivity index (χ0) is 25.2. The van der Waals surface area contributed by atoms with Crippen molar-refractivity contribution in [2.75, 3.05) is 18.0 Å². The van der Waals surface area contributed by atoms with Gasteiger partial charge in [0.1, 0.15) is 13.7 Å². The minimum atomic E-state index is 0.119. The molecule has 35 heavy (non-hydrogen) atoms. The van der Waals surface area contributed by atoms with Gasteiger partial charge in [-0.15, -0.1) is 0 Å². The maximum atomic E-state index is 4.97. The van der Waals surface area contributed by atoms with Gasteiger partial charge in [0.05, 0.1) is 0 Å². The number of anilines is 1. The molecule has 5 heteroatoms. The summed E-state index contributed by atoms with van der Waals surface area (Å²) in [7, 11) is 2.16. The van der Waals surface area contributed by atoms with Crippen LogP contribution in [-0.4, -0.2) is 38.2 Å². The normalized spacial score (nSPS) is 28.9. The Morgan fingerprint density at radius 1 is 1.03 bits per heavy atom. The molecule has 2 atom stereocenters. The standard InChI is InChI=1S/C30H43B2N3/c1-20-8-9-24(31)12-26(20)21(2)34-30(7)13-22-16-35(17-23(22)14-30)27-11-10-25(15-33-27)32-18-28(3,4)29(5,6)19-32/h8-12,15,22-23,34H,2,13-14,16-19,31H2,1,3-7H3. The molecule has 2 unspecified atom stereocenters. The Morgan fingerprint density at radius 2 is 1.66 bits per heavy atom. The summed E-state index contributed by atoms with van der Waals surface area (Å²) in [6.07, 6.45) is 7.08. The molecule has 1 aromatic heterocycles. The van der Waals surface area contributed by atoms with Crippen molar-refractivity contribution in [2.24, 2.45) is 22.7 Å². The maximum Gasteiger partial charge on any atom is 0.179 e. The first kappa shape index (κ1) is 24.5. The van der Waals surface area contributed by atoms with E-state index in [4.69, 9.17) is 4.98 Å². The number of aryl methyl sites for hydroxylation is 1. The molecular weight excluding hydrogens is 424 g/mol. The van der Waals surface area contributed by atoms with E-state index in [9.17, 15) is 0 Å². The summed E-state index contributed by atoms with van der Waals surface area (Å²) in [6, 6.07) is 11.3. The second-order valence-electron chi connectivity index (χ2n) is 13.6. The summed E-state index contributed by atoms with van der Waals surface area (Å²) in [4.78, 5) is 7.50. The first-order valence-corrected chi connectivity index (χ1v) is 13.6. The number of nitrogens with zero attached hydrogens (tertiary/aromatic N) is 2. The molecule has 2 saturated heterocycles. The molecule has 0 spiro atoms. The molecule has 5 rings (SSSR count). The van der Waals surface area contributed by atoms with Crippen LogP contribution in [0.15, 0.2) is 43.1 Å². The van der Waals surface area contributed by atoms with Gasteiger partial charge in [0, 0.05) is 30.5 Å². The van der Waals surface area contributed by atoms with Gasteiger partial charge in [0.2, 0.25) is 0 Å². The summed E-state index contributed by atoms with van der Waals surface area (Å²) >= 11 is 0.